The van der Waals surface area contributed by atoms with Gasteiger partial charge in [-0.15, -0.1) is 0 Å². The third-order valence-corrected chi connectivity index (χ3v) is 4.54. The molecule has 0 aromatic heterocycles. The average Bonchev–Trinajstić information content (AvgIpc) is 2.50. The molecule has 0 spiro atoms. The zero-order valence-electron chi connectivity index (χ0n) is 12.5. The van der Waals surface area contributed by atoms with Crippen LogP contribution in [0, 0.1) is 11.8 Å². The maximum atomic E-state index is 3.76. The molecule has 1 aliphatic carbocycles. The van der Waals surface area contributed by atoms with Gasteiger partial charge in [0.1, 0.15) is 0 Å². The number of nitrogens with one attached hydrogen (secondary N) is 1. The summed E-state index contributed by atoms with van der Waals surface area (Å²) in [5, 5.41) is 3.76. The third kappa shape index (κ3) is 5.39. The minimum absolute atomic E-state index is 0.638. The maximum absolute atomic E-state index is 3.76. The lowest BCUT2D eigenvalue weighted by atomic mass is 9.89. The summed E-state index contributed by atoms with van der Waals surface area (Å²) in [5.74, 6) is 1.84. The highest BCUT2D eigenvalue weighted by Gasteiger charge is 2.21. The number of hydrogen-bond acceptors (Lipinski definition) is 2. The van der Waals surface area contributed by atoms with Gasteiger partial charge in [0.05, 0.1) is 0 Å². The van der Waals surface area contributed by atoms with Crippen molar-refractivity contribution in [3.63, 3.8) is 0 Å². The summed E-state index contributed by atoms with van der Waals surface area (Å²) in [6.45, 7) is 8.18. The second-order valence-electron chi connectivity index (χ2n) is 6.43. The van der Waals surface area contributed by atoms with E-state index in [-0.39, 0.29) is 0 Å². The fraction of sp³-hybridized carbons (Fsp3) is 1.00. The first kappa shape index (κ1) is 15.0. The molecule has 2 nitrogen and oxygen atoms in total. The van der Waals surface area contributed by atoms with Crippen LogP contribution in [0.3, 0.4) is 0 Å². The molecule has 0 aromatic carbocycles. The molecule has 0 aliphatic heterocycles. The van der Waals surface area contributed by atoms with Crippen LogP contribution in [-0.2, 0) is 0 Å². The Morgan fingerprint density at radius 2 is 1.76 bits per heavy atom. The largest absolute Gasteiger partial charge is 0.312 e. The molecule has 3 unspecified atom stereocenters. The summed E-state index contributed by atoms with van der Waals surface area (Å²) in [6, 6.07) is 1.40. The predicted octanol–water partition coefficient (Wildman–Crippen LogP) is 3.13. The van der Waals surface area contributed by atoms with Gasteiger partial charge in [-0.05, 0) is 52.1 Å². The van der Waals surface area contributed by atoms with Crippen molar-refractivity contribution in [2.24, 2.45) is 11.8 Å². The van der Waals surface area contributed by atoms with E-state index in [1.807, 2.05) is 0 Å². The van der Waals surface area contributed by atoms with Crippen molar-refractivity contribution in [3.05, 3.63) is 0 Å². The molecule has 1 aliphatic rings. The van der Waals surface area contributed by atoms with Gasteiger partial charge >= 0.3 is 0 Å². The molecule has 0 aromatic rings. The Morgan fingerprint density at radius 3 is 2.35 bits per heavy atom. The molecule has 1 rings (SSSR count). The van der Waals surface area contributed by atoms with Gasteiger partial charge in [-0.3, -0.25) is 0 Å². The summed E-state index contributed by atoms with van der Waals surface area (Å²) >= 11 is 0. The van der Waals surface area contributed by atoms with E-state index in [1.54, 1.807) is 0 Å². The minimum Gasteiger partial charge on any atom is -0.312 e. The van der Waals surface area contributed by atoms with Crippen molar-refractivity contribution in [1.82, 2.24) is 10.2 Å². The lowest BCUT2D eigenvalue weighted by molar-refractivity contribution is 0.285. The average molecular weight is 240 g/mol. The first-order valence-electron chi connectivity index (χ1n) is 7.40. The quantitative estimate of drug-likeness (QED) is 0.743. The van der Waals surface area contributed by atoms with E-state index in [9.17, 15) is 0 Å². The molecule has 0 heterocycles. The van der Waals surface area contributed by atoms with Crippen molar-refractivity contribution >= 4 is 0 Å². The predicted molar refractivity (Wildman–Crippen MR) is 76.4 cm³/mol. The fourth-order valence-corrected chi connectivity index (χ4v) is 2.72. The summed E-state index contributed by atoms with van der Waals surface area (Å²) in [7, 11) is 4.32. The number of likely N-dealkylation sites (N-methyl/N-ethyl adjacent to an activating group) is 1. The van der Waals surface area contributed by atoms with E-state index in [1.165, 1.54) is 32.1 Å². The highest BCUT2D eigenvalue weighted by Crippen LogP contribution is 2.28. The van der Waals surface area contributed by atoms with E-state index in [0.29, 0.717) is 6.04 Å². The van der Waals surface area contributed by atoms with Crippen LogP contribution >= 0.6 is 0 Å². The Labute approximate surface area is 108 Å². The SMILES string of the molecule is CC(C)C1CCCC(NCC(C)N(C)C)CC1. The minimum atomic E-state index is 0.638. The topological polar surface area (TPSA) is 15.3 Å². The molecule has 17 heavy (non-hydrogen) atoms. The summed E-state index contributed by atoms with van der Waals surface area (Å²) in [4.78, 5) is 2.29. The van der Waals surface area contributed by atoms with E-state index in [0.717, 1.165) is 24.4 Å². The zero-order chi connectivity index (χ0) is 12.8. The van der Waals surface area contributed by atoms with Crippen LogP contribution < -0.4 is 5.32 Å². The molecule has 102 valence electrons. The first-order chi connectivity index (χ1) is 8.00. The van der Waals surface area contributed by atoms with Crippen molar-refractivity contribution in [1.29, 1.82) is 0 Å². The number of nitrogens with zero attached hydrogens (tertiary/aromatic N) is 1. The lowest BCUT2D eigenvalue weighted by Gasteiger charge is -2.24. The Kier molecular flexibility index (Phi) is 6.50. The summed E-state index contributed by atoms with van der Waals surface area (Å²) < 4.78 is 0. The Hall–Kier alpha value is -0.0800. The molecule has 0 amide bonds. The second kappa shape index (κ2) is 7.38. The molecule has 0 saturated heterocycles. The smallest absolute Gasteiger partial charge is 0.0186 e. The monoisotopic (exact) mass is 240 g/mol. The highest BCUT2D eigenvalue weighted by atomic mass is 15.1. The second-order valence-corrected chi connectivity index (χ2v) is 6.43. The van der Waals surface area contributed by atoms with Gasteiger partial charge in [-0.2, -0.15) is 0 Å². The van der Waals surface area contributed by atoms with E-state index < -0.39 is 0 Å². The standard InChI is InChI=1S/C15H32N2/c1-12(2)14-7-6-8-15(10-9-14)16-11-13(3)17(4)5/h12-16H,6-11H2,1-5H3. The van der Waals surface area contributed by atoms with Crippen LogP contribution in [0.5, 0.6) is 0 Å². The molecule has 1 N–H and O–H groups in total. The van der Waals surface area contributed by atoms with Crippen LogP contribution in [0.1, 0.15) is 52.9 Å². The van der Waals surface area contributed by atoms with Gasteiger partial charge in [-0.1, -0.05) is 26.7 Å². The van der Waals surface area contributed by atoms with Crippen molar-refractivity contribution in [2.75, 3.05) is 20.6 Å². The molecule has 0 bridgehead atoms. The molecular weight excluding hydrogens is 208 g/mol. The van der Waals surface area contributed by atoms with Gasteiger partial charge in [0.2, 0.25) is 0 Å². The Bertz CT molecular complexity index is 201. The van der Waals surface area contributed by atoms with Crippen LogP contribution in [-0.4, -0.2) is 37.6 Å². The van der Waals surface area contributed by atoms with Gasteiger partial charge in [0.15, 0.2) is 0 Å². The number of rotatable bonds is 5. The molecule has 0 radical (unpaired) electrons. The molecule has 2 heteroatoms. The molecule has 3 atom stereocenters. The van der Waals surface area contributed by atoms with Crippen molar-refractivity contribution in [3.8, 4) is 0 Å². The van der Waals surface area contributed by atoms with Gasteiger partial charge in [0.25, 0.3) is 0 Å². The molecular formula is C15H32N2. The van der Waals surface area contributed by atoms with Crippen molar-refractivity contribution in [2.45, 2.75) is 65.0 Å². The van der Waals surface area contributed by atoms with Gasteiger partial charge in [0, 0.05) is 18.6 Å². The van der Waals surface area contributed by atoms with Crippen LogP contribution in [0.25, 0.3) is 0 Å². The summed E-state index contributed by atoms with van der Waals surface area (Å²) in [5.41, 5.74) is 0. The normalized spacial score (nSPS) is 28.4. The Morgan fingerprint density at radius 1 is 1.06 bits per heavy atom. The Balaban J connectivity index is 2.27. The third-order valence-electron chi connectivity index (χ3n) is 4.54. The van der Waals surface area contributed by atoms with Crippen LogP contribution in [0.15, 0.2) is 0 Å². The first-order valence-corrected chi connectivity index (χ1v) is 7.40. The maximum Gasteiger partial charge on any atom is 0.0186 e. The van der Waals surface area contributed by atoms with Crippen LogP contribution in [0.4, 0.5) is 0 Å². The zero-order valence-corrected chi connectivity index (χ0v) is 12.5. The number of hydrogen-bond donors (Lipinski definition) is 1. The van der Waals surface area contributed by atoms with E-state index in [4.69, 9.17) is 0 Å². The summed E-state index contributed by atoms with van der Waals surface area (Å²) in [6.07, 6.45) is 7.04. The molecule has 1 saturated carbocycles. The van der Waals surface area contributed by atoms with Crippen LogP contribution in [0.2, 0.25) is 0 Å². The van der Waals surface area contributed by atoms with E-state index >= 15 is 0 Å². The fourth-order valence-electron chi connectivity index (χ4n) is 2.72. The molecule has 1 fully saturated rings. The highest BCUT2D eigenvalue weighted by molar-refractivity contribution is 4.77. The lowest BCUT2D eigenvalue weighted by Crippen LogP contribution is -2.40. The van der Waals surface area contributed by atoms with Gasteiger partial charge in [-0.25, -0.2) is 0 Å². The van der Waals surface area contributed by atoms with E-state index in [2.05, 4.69) is 45.1 Å². The van der Waals surface area contributed by atoms with Crippen molar-refractivity contribution < 1.29 is 0 Å². The van der Waals surface area contributed by atoms with Gasteiger partial charge < -0.3 is 10.2 Å².